The predicted molar refractivity (Wildman–Crippen MR) is 141 cm³/mol. The number of ether oxygens (including phenoxy) is 3. The third-order valence-electron chi connectivity index (χ3n) is 5.69. The Balaban J connectivity index is 1.90. The first-order valence-corrected chi connectivity index (χ1v) is 12.4. The van der Waals surface area contributed by atoms with Crippen molar-refractivity contribution in [3.63, 3.8) is 0 Å². The van der Waals surface area contributed by atoms with E-state index in [0.717, 1.165) is 22.4 Å². The van der Waals surface area contributed by atoms with Crippen LogP contribution in [-0.2, 0) is 20.6 Å². The van der Waals surface area contributed by atoms with E-state index in [2.05, 4.69) is 5.32 Å². The molecule has 0 aliphatic carbocycles. The molecule has 0 heterocycles. The number of hydrogen-bond acceptors (Lipinski definition) is 8. The Bertz CT molecular complexity index is 1250. The molecule has 10 heteroatoms. The van der Waals surface area contributed by atoms with Crippen LogP contribution in [0.3, 0.4) is 0 Å². The van der Waals surface area contributed by atoms with Gasteiger partial charge in [0.1, 0.15) is 16.4 Å². The van der Waals surface area contributed by atoms with Crippen LogP contribution >= 0.6 is 0 Å². The molecule has 0 amide bonds. The zero-order valence-electron chi connectivity index (χ0n) is 20.4. The largest absolute Gasteiger partial charge is 0.495 e. The average molecular weight is 514 g/mol. The molecular formula is C26H31N3O6S. The topological polar surface area (TPSA) is 146 Å². The number of nitrogens with one attached hydrogen (secondary N) is 1. The maximum absolute atomic E-state index is 12.5. The van der Waals surface area contributed by atoms with E-state index in [0.29, 0.717) is 22.9 Å². The summed E-state index contributed by atoms with van der Waals surface area (Å²) in [7, 11) is 1.51. The molecule has 192 valence electrons. The van der Waals surface area contributed by atoms with Crippen molar-refractivity contribution in [1.82, 2.24) is 0 Å². The standard InChI is InChI=1S/C26H31N3O6S/c1-4-34-25(30)14-19(18-11-20(27)26(28)23(13-18)33-3)17-10-9-16(2)21(12-17)29-15-35-22-7-5-6-8-24(22)36(31)32/h5-13,19,29H,4,14-15,27-28H2,1-3H3,(H,31,32)/t19-/m0/s1. The number of rotatable bonds is 11. The molecule has 0 spiro atoms. The lowest BCUT2D eigenvalue weighted by Gasteiger charge is -2.21. The summed E-state index contributed by atoms with van der Waals surface area (Å²) < 4.78 is 37.3. The summed E-state index contributed by atoms with van der Waals surface area (Å²) >= 11 is -2.16. The van der Waals surface area contributed by atoms with Crippen molar-refractivity contribution in [3.05, 3.63) is 71.3 Å². The van der Waals surface area contributed by atoms with E-state index in [1.54, 1.807) is 37.3 Å². The molecule has 36 heavy (non-hydrogen) atoms. The average Bonchev–Trinajstić information content (AvgIpc) is 2.86. The smallest absolute Gasteiger partial charge is 0.306 e. The van der Waals surface area contributed by atoms with Crippen LogP contribution in [0.15, 0.2) is 59.5 Å². The second kappa shape index (κ2) is 12.3. The number of nitrogens with two attached hydrogens (primary N) is 2. The molecule has 0 radical (unpaired) electrons. The number of hydrogen-bond donors (Lipinski definition) is 4. The fourth-order valence-electron chi connectivity index (χ4n) is 3.81. The maximum atomic E-state index is 12.5. The number of anilines is 3. The number of methoxy groups -OCH3 is 1. The molecule has 0 saturated carbocycles. The van der Waals surface area contributed by atoms with E-state index in [9.17, 15) is 13.6 Å². The van der Waals surface area contributed by atoms with Gasteiger partial charge in [-0.05, 0) is 60.9 Å². The van der Waals surface area contributed by atoms with Gasteiger partial charge in [-0.25, -0.2) is 4.21 Å². The van der Waals surface area contributed by atoms with Crippen molar-refractivity contribution < 1.29 is 27.8 Å². The SMILES string of the molecule is CCOC(=O)C[C@@H](c1ccc(C)c(NCOc2ccccc2S(=O)O)c1)c1cc(N)c(N)c(OC)c1. The number of carbonyl (C=O) groups is 1. The van der Waals surface area contributed by atoms with Gasteiger partial charge in [-0.1, -0.05) is 24.3 Å². The van der Waals surface area contributed by atoms with Crippen LogP contribution in [0.2, 0.25) is 0 Å². The highest BCUT2D eigenvalue weighted by Crippen LogP contribution is 2.37. The third-order valence-corrected chi connectivity index (χ3v) is 6.40. The number of esters is 1. The molecule has 0 aromatic heterocycles. The quantitative estimate of drug-likeness (QED) is 0.128. The highest BCUT2D eigenvalue weighted by molar-refractivity contribution is 7.79. The van der Waals surface area contributed by atoms with Crippen LogP contribution in [-0.4, -0.2) is 35.2 Å². The second-order valence-corrected chi connectivity index (χ2v) is 8.96. The summed E-state index contributed by atoms with van der Waals surface area (Å²) in [4.78, 5) is 12.7. The Morgan fingerprint density at radius 3 is 2.53 bits per heavy atom. The number of aryl methyl sites for hydroxylation is 1. The molecule has 0 aliphatic heterocycles. The first-order valence-electron chi connectivity index (χ1n) is 11.3. The second-order valence-electron chi connectivity index (χ2n) is 8.02. The minimum atomic E-state index is -2.16. The zero-order chi connectivity index (χ0) is 26.2. The summed E-state index contributed by atoms with van der Waals surface area (Å²) in [6.45, 7) is 4.03. The fraction of sp³-hybridized carbons (Fsp3) is 0.269. The molecule has 6 N–H and O–H groups in total. The van der Waals surface area contributed by atoms with Gasteiger partial charge >= 0.3 is 5.97 Å². The van der Waals surface area contributed by atoms with E-state index in [4.69, 9.17) is 25.7 Å². The molecule has 3 aromatic carbocycles. The predicted octanol–water partition coefficient (Wildman–Crippen LogP) is 4.28. The molecule has 0 aliphatic rings. The van der Waals surface area contributed by atoms with Crippen LogP contribution in [0.5, 0.6) is 11.5 Å². The van der Waals surface area contributed by atoms with Gasteiger partial charge in [-0.2, -0.15) is 0 Å². The van der Waals surface area contributed by atoms with Gasteiger partial charge in [0.25, 0.3) is 0 Å². The van der Waals surface area contributed by atoms with E-state index in [1.165, 1.54) is 13.2 Å². The maximum Gasteiger partial charge on any atom is 0.306 e. The highest BCUT2D eigenvalue weighted by atomic mass is 32.2. The van der Waals surface area contributed by atoms with Gasteiger partial charge < -0.3 is 35.5 Å². The highest BCUT2D eigenvalue weighted by Gasteiger charge is 2.22. The van der Waals surface area contributed by atoms with E-state index >= 15 is 0 Å². The van der Waals surface area contributed by atoms with Gasteiger partial charge in [-0.15, -0.1) is 0 Å². The molecule has 1 unspecified atom stereocenters. The van der Waals surface area contributed by atoms with E-state index in [1.807, 2.05) is 25.1 Å². The minimum absolute atomic E-state index is 0.0592. The first-order chi connectivity index (χ1) is 17.2. The summed E-state index contributed by atoms with van der Waals surface area (Å²) in [6, 6.07) is 15.9. The molecule has 9 nitrogen and oxygen atoms in total. The number of para-hydroxylation sites is 1. The monoisotopic (exact) mass is 513 g/mol. The first kappa shape index (κ1) is 26.8. The van der Waals surface area contributed by atoms with Crippen LogP contribution in [0.25, 0.3) is 0 Å². The van der Waals surface area contributed by atoms with Crippen molar-refractivity contribution in [2.45, 2.75) is 31.1 Å². The summed E-state index contributed by atoms with van der Waals surface area (Å²) in [5, 5.41) is 3.21. The van der Waals surface area contributed by atoms with Gasteiger partial charge in [-0.3, -0.25) is 4.79 Å². The Morgan fingerprint density at radius 1 is 1.08 bits per heavy atom. The minimum Gasteiger partial charge on any atom is -0.495 e. The van der Waals surface area contributed by atoms with Crippen LogP contribution < -0.4 is 26.3 Å². The molecule has 0 saturated heterocycles. The van der Waals surface area contributed by atoms with Crippen molar-refractivity contribution >= 4 is 34.1 Å². The molecular weight excluding hydrogens is 482 g/mol. The Kier molecular flexibility index (Phi) is 9.15. The number of benzene rings is 3. The molecule has 3 aromatic rings. The van der Waals surface area contributed by atoms with Gasteiger partial charge in [0.05, 0.1) is 31.5 Å². The lowest BCUT2D eigenvalue weighted by molar-refractivity contribution is -0.143. The molecule has 0 fully saturated rings. The summed E-state index contributed by atoms with van der Waals surface area (Å²) in [5.41, 5.74) is 16.2. The van der Waals surface area contributed by atoms with Crippen molar-refractivity contribution in [1.29, 1.82) is 0 Å². The normalized spacial score (nSPS) is 12.4. The summed E-state index contributed by atoms with van der Waals surface area (Å²) in [5.74, 6) is 0.0197. The lowest BCUT2D eigenvalue weighted by Crippen LogP contribution is -2.14. The van der Waals surface area contributed by atoms with Crippen molar-refractivity contribution in [2.24, 2.45) is 0 Å². The lowest BCUT2D eigenvalue weighted by atomic mass is 9.87. The zero-order valence-corrected chi connectivity index (χ0v) is 21.3. The molecule has 0 bridgehead atoms. The Hall–Kier alpha value is -3.76. The van der Waals surface area contributed by atoms with Crippen LogP contribution in [0.1, 0.15) is 36.0 Å². The van der Waals surface area contributed by atoms with Gasteiger partial charge in [0.2, 0.25) is 0 Å². The molecule has 2 atom stereocenters. The fourth-order valence-corrected chi connectivity index (χ4v) is 4.30. The van der Waals surface area contributed by atoms with E-state index < -0.39 is 11.1 Å². The summed E-state index contributed by atoms with van der Waals surface area (Å²) in [6.07, 6.45) is 0.0923. The van der Waals surface area contributed by atoms with Crippen molar-refractivity contribution in [2.75, 3.05) is 37.2 Å². The van der Waals surface area contributed by atoms with Gasteiger partial charge in [0.15, 0.2) is 17.8 Å². The third kappa shape index (κ3) is 6.46. The number of carbonyl (C=O) groups excluding carboxylic acids is 1. The molecule has 3 rings (SSSR count). The Labute approximate surface area is 213 Å². The van der Waals surface area contributed by atoms with Crippen molar-refractivity contribution in [3.8, 4) is 11.5 Å². The van der Waals surface area contributed by atoms with Gasteiger partial charge in [0, 0.05) is 11.6 Å². The number of nitrogen functional groups attached to an aromatic ring is 2. The Morgan fingerprint density at radius 2 is 1.83 bits per heavy atom. The van der Waals surface area contributed by atoms with Crippen LogP contribution in [0, 0.1) is 6.92 Å². The van der Waals surface area contributed by atoms with E-state index in [-0.39, 0.29) is 36.5 Å². The van der Waals surface area contributed by atoms with Crippen LogP contribution in [0.4, 0.5) is 17.1 Å².